The molecule has 6 nitrogen and oxygen atoms in total. The van der Waals surface area contributed by atoms with Crippen LogP contribution in [-0.2, 0) is 9.47 Å². The first kappa shape index (κ1) is 16.2. The Morgan fingerprint density at radius 2 is 1.84 bits per heavy atom. The van der Waals surface area contributed by atoms with Crippen LogP contribution in [0.4, 0.5) is 5.82 Å². The third-order valence-electron chi connectivity index (χ3n) is 2.40. The monoisotopic (exact) mass is 346 g/mol. The summed E-state index contributed by atoms with van der Waals surface area (Å²) in [7, 11) is 3.30. The first-order valence-electron chi connectivity index (χ1n) is 5.60. The second-order valence-corrected chi connectivity index (χ2v) is 9.04. The van der Waals surface area contributed by atoms with Crippen molar-refractivity contribution in [3.63, 3.8) is 0 Å². The number of halogens is 1. The number of methoxy groups -OCH3 is 2. The summed E-state index contributed by atoms with van der Waals surface area (Å²) in [6, 6.07) is 2.04. The Labute approximate surface area is 122 Å². The van der Waals surface area contributed by atoms with Crippen LogP contribution in [0.15, 0.2) is 0 Å². The Morgan fingerprint density at radius 1 is 1.26 bits per heavy atom. The first-order chi connectivity index (χ1) is 9.13. The Kier molecular flexibility index (Phi) is 7.11. The van der Waals surface area contributed by atoms with Crippen LogP contribution < -0.4 is 10.2 Å². The van der Waals surface area contributed by atoms with Crippen molar-refractivity contribution in [2.24, 2.45) is 0 Å². The maximum absolute atomic E-state index is 9.14. The van der Waals surface area contributed by atoms with Gasteiger partial charge in [0.25, 0.3) is 0 Å². The summed E-state index contributed by atoms with van der Waals surface area (Å²) in [5, 5.41) is 10.9. The second kappa shape index (κ2) is 8.34. The van der Waals surface area contributed by atoms with Crippen molar-refractivity contribution in [2.75, 3.05) is 33.2 Å². The Bertz CT molecular complexity index is 459. The van der Waals surface area contributed by atoms with Crippen LogP contribution in [0.3, 0.4) is 0 Å². The normalized spacial score (nSPS) is 10.7. The van der Waals surface area contributed by atoms with Gasteiger partial charge >= 0.3 is 122 Å². The van der Waals surface area contributed by atoms with Crippen molar-refractivity contribution in [1.82, 2.24) is 9.97 Å². The first-order valence-corrected chi connectivity index (χ1v) is 9.57. The molecule has 1 rings (SSSR count). The summed E-state index contributed by atoms with van der Waals surface area (Å²) in [5.74, 6) is 0.171. The predicted molar refractivity (Wildman–Crippen MR) is 74.9 cm³/mol. The van der Waals surface area contributed by atoms with Crippen LogP contribution >= 0.6 is 11.6 Å². The molecule has 1 aromatic rings. The molecule has 1 aromatic heterocycles. The number of ether oxygens (including phenoxy) is 2. The quantitative estimate of drug-likeness (QED) is 0.726. The van der Waals surface area contributed by atoms with Crippen LogP contribution in [0.2, 0.25) is 15.6 Å². The fourth-order valence-electron chi connectivity index (χ4n) is 1.44. The number of aromatic nitrogens is 2. The van der Waals surface area contributed by atoms with Crippen LogP contribution in [0.1, 0.15) is 5.69 Å². The summed E-state index contributed by atoms with van der Waals surface area (Å²) < 4.78 is 10.9. The van der Waals surface area contributed by atoms with E-state index < -0.39 is 14.7 Å². The molecule has 1 heterocycles. The molecule has 0 aromatic carbocycles. The molecular formula is C11H16AsClN4O2. The molecule has 0 spiro atoms. The molecule has 0 aliphatic carbocycles. The topological polar surface area (TPSA) is 94.1 Å². The van der Waals surface area contributed by atoms with Gasteiger partial charge in [0.1, 0.15) is 0 Å². The third kappa shape index (κ3) is 4.63. The van der Waals surface area contributed by atoms with Crippen molar-refractivity contribution in [1.29, 1.82) is 5.26 Å². The zero-order valence-corrected chi connectivity index (χ0v) is 13.5. The van der Waals surface area contributed by atoms with Gasteiger partial charge in [-0.1, -0.05) is 0 Å². The van der Waals surface area contributed by atoms with E-state index in [0.717, 1.165) is 10.4 Å². The molecule has 19 heavy (non-hydrogen) atoms. The number of nitrogens with two attached hydrogens (primary N) is 1. The molecule has 2 N–H and O–H groups in total. The number of rotatable bonds is 7. The van der Waals surface area contributed by atoms with Gasteiger partial charge in [0.05, 0.1) is 0 Å². The molecule has 0 bridgehead atoms. The van der Waals surface area contributed by atoms with Gasteiger partial charge in [-0.05, 0) is 0 Å². The van der Waals surface area contributed by atoms with Gasteiger partial charge in [-0.2, -0.15) is 0 Å². The Hall–Kier alpha value is -0.862. The SMILES string of the molecule is COCC[As](CCOC)c1nc(N)c(Cl)nc1C#N. The molecule has 0 radical (unpaired) electrons. The van der Waals surface area contributed by atoms with Crippen molar-refractivity contribution in [3.05, 3.63) is 10.8 Å². The summed E-state index contributed by atoms with van der Waals surface area (Å²) in [6.07, 6.45) is 0. The van der Waals surface area contributed by atoms with E-state index in [1.165, 1.54) is 0 Å². The van der Waals surface area contributed by atoms with Crippen LogP contribution in [-0.4, -0.2) is 52.1 Å². The molecule has 0 aliphatic heterocycles. The van der Waals surface area contributed by atoms with Crippen LogP contribution in [0.5, 0.6) is 0 Å². The fraction of sp³-hybridized carbons (Fsp3) is 0.545. The van der Waals surface area contributed by atoms with Crippen LogP contribution in [0, 0.1) is 11.3 Å². The molecule has 0 unspecified atom stereocenters. The van der Waals surface area contributed by atoms with Gasteiger partial charge in [-0.25, -0.2) is 0 Å². The molecular weight excluding hydrogens is 331 g/mol. The van der Waals surface area contributed by atoms with E-state index in [2.05, 4.69) is 9.97 Å². The zero-order valence-electron chi connectivity index (χ0n) is 10.9. The van der Waals surface area contributed by atoms with Gasteiger partial charge in [-0.15, -0.1) is 0 Å². The van der Waals surface area contributed by atoms with E-state index in [4.69, 9.17) is 32.1 Å². The van der Waals surface area contributed by atoms with Gasteiger partial charge in [0.2, 0.25) is 0 Å². The molecule has 0 fully saturated rings. The maximum atomic E-state index is 9.14. The van der Waals surface area contributed by atoms with Crippen molar-refractivity contribution in [3.8, 4) is 6.07 Å². The Morgan fingerprint density at radius 3 is 2.32 bits per heavy atom. The van der Waals surface area contributed by atoms with E-state index in [1.54, 1.807) is 14.2 Å². The standard InChI is InChI=1S/C11H16AsClN4O2/c1-18-5-3-12(4-6-19-2)9-8(7-14)16-10(13)11(15)17-9/h3-6H2,1-2H3,(H2,15,17). The van der Waals surface area contributed by atoms with Crippen molar-refractivity contribution >= 4 is 36.6 Å². The second-order valence-electron chi connectivity index (χ2n) is 3.66. The number of nitriles is 1. The number of nitrogens with zero attached hydrogens (tertiary/aromatic N) is 3. The van der Waals surface area contributed by atoms with Gasteiger partial charge < -0.3 is 0 Å². The molecule has 0 saturated carbocycles. The molecule has 0 atom stereocenters. The van der Waals surface area contributed by atoms with Crippen LogP contribution in [0.25, 0.3) is 0 Å². The molecule has 0 saturated heterocycles. The summed E-state index contributed by atoms with van der Waals surface area (Å²) >= 11 is 4.20. The minimum absolute atomic E-state index is 0.0766. The Balaban J connectivity index is 3.05. The number of anilines is 1. The van der Waals surface area contributed by atoms with E-state index in [1.807, 2.05) is 6.07 Å². The number of nitrogen functional groups attached to an aromatic ring is 1. The van der Waals surface area contributed by atoms with Gasteiger partial charge in [-0.3, -0.25) is 0 Å². The average Bonchev–Trinajstić information content (AvgIpc) is 2.42. The van der Waals surface area contributed by atoms with E-state index in [0.29, 0.717) is 17.7 Å². The number of hydrogen-bond donors (Lipinski definition) is 1. The van der Waals surface area contributed by atoms with Gasteiger partial charge in [0, 0.05) is 0 Å². The summed E-state index contributed by atoms with van der Waals surface area (Å²) in [5.41, 5.74) is 5.96. The molecule has 0 aliphatic rings. The fourth-order valence-corrected chi connectivity index (χ4v) is 5.98. The van der Waals surface area contributed by atoms with E-state index in [-0.39, 0.29) is 16.7 Å². The third-order valence-corrected chi connectivity index (χ3v) is 7.62. The van der Waals surface area contributed by atoms with Gasteiger partial charge in [0.15, 0.2) is 0 Å². The van der Waals surface area contributed by atoms with E-state index >= 15 is 0 Å². The van der Waals surface area contributed by atoms with Crippen molar-refractivity contribution < 1.29 is 9.47 Å². The number of hydrogen-bond acceptors (Lipinski definition) is 6. The summed E-state index contributed by atoms with van der Waals surface area (Å²) in [6.45, 7) is 1.25. The average molecular weight is 347 g/mol. The molecule has 0 amide bonds. The molecule has 8 heteroatoms. The zero-order chi connectivity index (χ0) is 14.3. The summed E-state index contributed by atoms with van der Waals surface area (Å²) in [4.78, 5) is 8.26. The molecule has 104 valence electrons. The minimum atomic E-state index is -1.59. The van der Waals surface area contributed by atoms with Crippen molar-refractivity contribution in [2.45, 2.75) is 10.4 Å². The predicted octanol–water partition coefficient (Wildman–Crippen LogP) is 0.578. The van der Waals surface area contributed by atoms with E-state index in [9.17, 15) is 0 Å².